The van der Waals surface area contributed by atoms with Crippen molar-refractivity contribution in [3.63, 3.8) is 0 Å². The summed E-state index contributed by atoms with van der Waals surface area (Å²) >= 11 is 0. The molecule has 3 N–H and O–H groups in total. The lowest BCUT2D eigenvalue weighted by Gasteiger charge is -2.32. The molecule has 2 aliphatic heterocycles. The minimum Gasteiger partial charge on any atom is -0.496 e. The first-order valence-corrected chi connectivity index (χ1v) is 10.5. The van der Waals surface area contributed by atoms with Crippen molar-refractivity contribution >= 4 is 11.6 Å². The quantitative estimate of drug-likeness (QED) is 0.621. The van der Waals surface area contributed by atoms with Gasteiger partial charge in [-0.1, -0.05) is 18.2 Å². The first-order chi connectivity index (χ1) is 16.0. The molecule has 0 radical (unpaired) electrons. The van der Waals surface area contributed by atoms with Gasteiger partial charge in [-0.3, -0.25) is 4.79 Å². The van der Waals surface area contributed by atoms with E-state index < -0.39 is 11.7 Å². The van der Waals surface area contributed by atoms with E-state index in [1.54, 1.807) is 18.2 Å². The van der Waals surface area contributed by atoms with Crippen LogP contribution in [-0.4, -0.2) is 48.2 Å². The van der Waals surface area contributed by atoms with Crippen LogP contribution in [0.1, 0.15) is 22.5 Å². The van der Waals surface area contributed by atoms with E-state index in [0.29, 0.717) is 22.7 Å². The van der Waals surface area contributed by atoms with Crippen molar-refractivity contribution < 1.29 is 13.9 Å². The number of nitrogens with one attached hydrogen (secondary N) is 1. The Bertz CT molecular complexity index is 1300. The lowest BCUT2D eigenvalue weighted by atomic mass is 9.98. The topological polar surface area (TPSA) is 117 Å². The molecule has 5 rings (SSSR count). The number of primary amides is 1. The maximum atomic E-state index is 14.6. The van der Waals surface area contributed by atoms with Crippen molar-refractivity contribution in [1.29, 1.82) is 5.26 Å². The Kier molecular flexibility index (Phi) is 5.15. The highest BCUT2D eigenvalue weighted by atomic mass is 19.1. The van der Waals surface area contributed by atoms with Crippen LogP contribution in [0.3, 0.4) is 0 Å². The summed E-state index contributed by atoms with van der Waals surface area (Å²) in [5, 5.41) is 13.3. The summed E-state index contributed by atoms with van der Waals surface area (Å²) in [7, 11) is 1.42. The molecule has 166 valence electrons. The second-order valence-electron chi connectivity index (χ2n) is 8.10. The third-order valence-electron chi connectivity index (χ3n) is 6.23. The molecule has 0 unspecified atom stereocenters. The molecule has 2 fully saturated rings. The molecule has 0 aliphatic carbocycles. The van der Waals surface area contributed by atoms with E-state index in [9.17, 15) is 14.4 Å². The maximum absolute atomic E-state index is 14.6. The number of benzene rings is 2. The monoisotopic (exact) mass is 444 g/mol. The van der Waals surface area contributed by atoms with Crippen LogP contribution >= 0.6 is 0 Å². The first kappa shape index (κ1) is 20.8. The van der Waals surface area contributed by atoms with Gasteiger partial charge in [-0.25, -0.2) is 14.4 Å². The van der Waals surface area contributed by atoms with Crippen molar-refractivity contribution in [2.45, 2.75) is 18.5 Å². The molecule has 9 heteroatoms. The summed E-state index contributed by atoms with van der Waals surface area (Å²) in [6.07, 6.45) is 2.45. The number of anilines is 1. The SMILES string of the molecule is COc1cccc(F)c1-c1ncc(-c2cccc(C#N)c2N2C[C@H]3C[C@@H]2CN3)c(C(N)=O)n1. The van der Waals surface area contributed by atoms with Crippen LogP contribution in [0.25, 0.3) is 22.5 Å². The number of nitrogens with two attached hydrogens (primary N) is 1. The number of hydrogen-bond acceptors (Lipinski definition) is 7. The summed E-state index contributed by atoms with van der Waals surface area (Å²) in [4.78, 5) is 23.3. The van der Waals surface area contributed by atoms with Crippen LogP contribution < -0.4 is 20.7 Å². The minimum absolute atomic E-state index is 0.00934. The lowest BCUT2D eigenvalue weighted by molar-refractivity contribution is 0.0996. The molecule has 3 aromatic rings. The summed E-state index contributed by atoms with van der Waals surface area (Å²) in [5.74, 6) is -1.12. The molecule has 2 saturated heterocycles. The number of piperazine rings is 1. The summed E-state index contributed by atoms with van der Waals surface area (Å²) < 4.78 is 19.9. The van der Waals surface area contributed by atoms with Gasteiger partial charge in [0.1, 0.15) is 23.3 Å². The molecule has 0 spiro atoms. The average molecular weight is 444 g/mol. The predicted octanol–water partition coefficient (Wildman–Crippen LogP) is 2.48. The Morgan fingerprint density at radius 1 is 1.30 bits per heavy atom. The van der Waals surface area contributed by atoms with Gasteiger partial charge in [-0.05, 0) is 24.6 Å². The van der Waals surface area contributed by atoms with Crippen LogP contribution in [0.4, 0.5) is 10.1 Å². The number of halogens is 1. The molecular formula is C24H21FN6O2. The number of methoxy groups -OCH3 is 1. The third kappa shape index (κ3) is 3.45. The van der Waals surface area contributed by atoms with Gasteiger partial charge >= 0.3 is 0 Å². The number of fused-ring (bicyclic) bond motifs is 2. The van der Waals surface area contributed by atoms with Gasteiger partial charge in [0.15, 0.2) is 5.82 Å². The van der Waals surface area contributed by atoms with Gasteiger partial charge in [0.25, 0.3) is 5.91 Å². The second-order valence-corrected chi connectivity index (χ2v) is 8.10. The molecule has 1 amide bonds. The highest BCUT2D eigenvalue weighted by Crippen LogP contribution is 2.40. The fourth-order valence-corrected chi connectivity index (χ4v) is 4.77. The van der Waals surface area contributed by atoms with Crippen LogP contribution in [0, 0.1) is 17.1 Å². The number of rotatable bonds is 5. The van der Waals surface area contributed by atoms with Crippen molar-refractivity contribution in [1.82, 2.24) is 15.3 Å². The molecule has 0 saturated carbocycles. The number of carbonyl (C=O) groups excluding carboxylic acids is 1. The highest BCUT2D eigenvalue weighted by Gasteiger charge is 2.39. The predicted molar refractivity (Wildman–Crippen MR) is 120 cm³/mol. The summed E-state index contributed by atoms with van der Waals surface area (Å²) in [6.45, 7) is 1.59. The van der Waals surface area contributed by atoms with E-state index in [0.717, 1.165) is 25.2 Å². The number of ether oxygens (including phenoxy) is 1. The number of para-hydroxylation sites is 1. The number of nitrogens with zero attached hydrogens (tertiary/aromatic N) is 4. The van der Waals surface area contributed by atoms with Gasteiger partial charge < -0.3 is 20.7 Å². The van der Waals surface area contributed by atoms with Gasteiger partial charge in [0, 0.05) is 42.5 Å². The fourth-order valence-electron chi connectivity index (χ4n) is 4.77. The Labute approximate surface area is 189 Å². The zero-order valence-electron chi connectivity index (χ0n) is 17.9. The first-order valence-electron chi connectivity index (χ1n) is 10.5. The van der Waals surface area contributed by atoms with E-state index in [-0.39, 0.29) is 28.9 Å². The van der Waals surface area contributed by atoms with Crippen molar-refractivity contribution in [3.05, 3.63) is 59.7 Å². The highest BCUT2D eigenvalue weighted by molar-refractivity contribution is 6.00. The largest absolute Gasteiger partial charge is 0.496 e. The number of nitriles is 1. The molecule has 2 bridgehead atoms. The van der Waals surface area contributed by atoms with E-state index in [1.165, 1.54) is 25.4 Å². The molecule has 3 heterocycles. The van der Waals surface area contributed by atoms with Crippen LogP contribution in [0.2, 0.25) is 0 Å². The van der Waals surface area contributed by atoms with Crippen LogP contribution in [0.5, 0.6) is 5.75 Å². The van der Waals surface area contributed by atoms with E-state index in [2.05, 4.69) is 26.3 Å². The minimum atomic E-state index is -0.776. The Balaban J connectivity index is 1.69. The number of hydrogen-bond donors (Lipinski definition) is 2. The van der Waals surface area contributed by atoms with Crippen molar-refractivity contribution in [2.24, 2.45) is 5.73 Å². The average Bonchev–Trinajstić information content (AvgIpc) is 3.46. The summed E-state index contributed by atoms with van der Waals surface area (Å²) in [5.41, 5.74) is 7.95. The maximum Gasteiger partial charge on any atom is 0.268 e. The van der Waals surface area contributed by atoms with E-state index in [4.69, 9.17) is 10.5 Å². The zero-order chi connectivity index (χ0) is 23.1. The summed E-state index contributed by atoms with van der Waals surface area (Å²) in [6, 6.07) is 12.6. The fraction of sp³-hybridized carbons (Fsp3) is 0.250. The third-order valence-corrected chi connectivity index (χ3v) is 6.23. The van der Waals surface area contributed by atoms with E-state index in [1.807, 2.05) is 6.07 Å². The Hall–Kier alpha value is -4.03. The number of aromatic nitrogens is 2. The lowest BCUT2D eigenvalue weighted by Crippen LogP contribution is -2.44. The van der Waals surface area contributed by atoms with E-state index >= 15 is 0 Å². The van der Waals surface area contributed by atoms with Crippen LogP contribution in [-0.2, 0) is 0 Å². The molecule has 33 heavy (non-hydrogen) atoms. The Morgan fingerprint density at radius 3 is 2.79 bits per heavy atom. The molecule has 2 aliphatic rings. The number of carbonyl (C=O) groups is 1. The Morgan fingerprint density at radius 2 is 2.12 bits per heavy atom. The normalized spacial score (nSPS) is 18.9. The van der Waals surface area contributed by atoms with Gasteiger partial charge in [-0.15, -0.1) is 0 Å². The molecule has 1 aromatic heterocycles. The van der Waals surface area contributed by atoms with Crippen LogP contribution in [0.15, 0.2) is 42.6 Å². The molecule has 2 atom stereocenters. The van der Waals surface area contributed by atoms with Gasteiger partial charge in [0.05, 0.1) is 23.9 Å². The smallest absolute Gasteiger partial charge is 0.268 e. The van der Waals surface area contributed by atoms with Gasteiger partial charge in [-0.2, -0.15) is 5.26 Å². The standard InChI is InChI=1S/C24H21FN6O2/c1-33-19-7-3-6-18(25)20(19)24-29-11-17(21(30-24)23(27)32)16-5-2-4-13(9-26)22(16)31-12-14-8-15(31)10-28-14/h2-7,11,14-15,28H,8,10,12H2,1H3,(H2,27,32)/t14-,15-/m1/s1. The molecular weight excluding hydrogens is 423 g/mol. The van der Waals surface area contributed by atoms with Gasteiger partial charge in [0.2, 0.25) is 0 Å². The number of amides is 1. The van der Waals surface area contributed by atoms with Crippen molar-refractivity contribution in [3.8, 4) is 34.3 Å². The molecule has 8 nitrogen and oxygen atoms in total. The zero-order valence-corrected chi connectivity index (χ0v) is 17.9. The molecule has 2 aromatic carbocycles. The second kappa shape index (κ2) is 8.15. The van der Waals surface area contributed by atoms with Crippen molar-refractivity contribution in [2.75, 3.05) is 25.1 Å².